The molecule has 0 heteroatoms. The second kappa shape index (κ2) is 6.04. The third-order valence-electron chi connectivity index (χ3n) is 5.07. The van der Waals surface area contributed by atoms with E-state index in [1.165, 1.54) is 39.0 Å². The van der Waals surface area contributed by atoms with Crippen LogP contribution in [0.3, 0.4) is 0 Å². The average Bonchev–Trinajstić information content (AvgIpc) is 3.06. The first-order valence-corrected chi connectivity index (χ1v) is 9.02. The summed E-state index contributed by atoms with van der Waals surface area (Å²) in [6.07, 6.45) is 3.41. The predicted octanol–water partition coefficient (Wildman–Crippen LogP) is 6.75. The largest absolute Gasteiger partial charge is 0.0622 e. The van der Waals surface area contributed by atoms with Gasteiger partial charge in [-0.1, -0.05) is 93.6 Å². The molecule has 4 rings (SSSR count). The minimum atomic E-state index is 0.129. The molecule has 124 valence electrons. The molecule has 1 aliphatic carbocycles. The molecule has 0 saturated carbocycles. The number of rotatable bonds is 2. The summed E-state index contributed by atoms with van der Waals surface area (Å²) < 4.78 is 0. The predicted molar refractivity (Wildman–Crippen MR) is 109 cm³/mol. The highest BCUT2D eigenvalue weighted by Gasteiger charge is 2.22. The van der Waals surface area contributed by atoms with E-state index in [1.54, 1.807) is 0 Å². The number of hydrogen-bond donors (Lipinski definition) is 0. The monoisotopic (exact) mass is 324 g/mol. The van der Waals surface area contributed by atoms with Gasteiger partial charge in [0.2, 0.25) is 0 Å². The molecule has 0 fully saturated rings. The second-order valence-corrected chi connectivity index (χ2v) is 7.89. The number of hydrogen-bond acceptors (Lipinski definition) is 0. The van der Waals surface area contributed by atoms with Crippen molar-refractivity contribution in [2.45, 2.75) is 32.6 Å². The minimum Gasteiger partial charge on any atom is -0.0622 e. The van der Waals surface area contributed by atoms with Crippen molar-refractivity contribution in [3.63, 3.8) is 0 Å². The van der Waals surface area contributed by atoms with Gasteiger partial charge in [-0.25, -0.2) is 0 Å². The van der Waals surface area contributed by atoms with Crippen molar-refractivity contribution < 1.29 is 0 Å². The zero-order chi connectivity index (χ0) is 17.4. The fourth-order valence-corrected chi connectivity index (χ4v) is 3.81. The van der Waals surface area contributed by atoms with Crippen molar-refractivity contribution in [3.05, 3.63) is 95.1 Å². The molecule has 0 nitrogen and oxygen atoms in total. The lowest BCUT2D eigenvalue weighted by Crippen LogP contribution is -2.12. The van der Waals surface area contributed by atoms with E-state index in [0.717, 1.165) is 6.42 Å². The Kier molecular flexibility index (Phi) is 3.84. The minimum absolute atomic E-state index is 0.129. The molecule has 0 saturated heterocycles. The van der Waals surface area contributed by atoms with Crippen LogP contribution in [-0.2, 0) is 11.8 Å². The summed E-state index contributed by atoms with van der Waals surface area (Å²) in [5, 5.41) is 0. The normalized spacial score (nSPS) is 13.5. The molecule has 3 aromatic carbocycles. The van der Waals surface area contributed by atoms with Gasteiger partial charge in [-0.2, -0.15) is 0 Å². The molecule has 1 aliphatic rings. The van der Waals surface area contributed by atoms with E-state index >= 15 is 0 Å². The van der Waals surface area contributed by atoms with Crippen LogP contribution in [0.25, 0.3) is 22.8 Å². The van der Waals surface area contributed by atoms with Crippen LogP contribution >= 0.6 is 0 Å². The summed E-state index contributed by atoms with van der Waals surface area (Å²) in [5.74, 6) is 0. The summed E-state index contributed by atoms with van der Waals surface area (Å²) in [7, 11) is 0. The van der Waals surface area contributed by atoms with Crippen molar-refractivity contribution >= 4 is 11.6 Å². The van der Waals surface area contributed by atoms with Crippen LogP contribution < -0.4 is 0 Å². The standard InChI is InChI=1S/C25H24/c1-25(2,3)24-15-8-7-13-22(24)21-14-9-12-19-16-20(17-23(19)21)18-10-5-4-6-11-18/h4-15,17H,16H2,1-3H3. The average molecular weight is 324 g/mol. The Morgan fingerprint density at radius 2 is 1.36 bits per heavy atom. The lowest BCUT2D eigenvalue weighted by Gasteiger charge is -2.24. The van der Waals surface area contributed by atoms with Gasteiger partial charge in [-0.15, -0.1) is 0 Å². The molecule has 3 aromatic rings. The maximum absolute atomic E-state index is 2.39. The summed E-state index contributed by atoms with van der Waals surface area (Å²) in [6, 6.07) is 26.3. The van der Waals surface area contributed by atoms with Crippen LogP contribution in [0.2, 0.25) is 0 Å². The topological polar surface area (TPSA) is 0 Å². The van der Waals surface area contributed by atoms with E-state index in [0.29, 0.717) is 0 Å². The van der Waals surface area contributed by atoms with E-state index in [9.17, 15) is 0 Å². The zero-order valence-corrected chi connectivity index (χ0v) is 15.2. The Bertz CT molecular complexity index is 937. The van der Waals surface area contributed by atoms with Gasteiger partial charge in [0.05, 0.1) is 0 Å². The Morgan fingerprint density at radius 3 is 2.12 bits per heavy atom. The molecule has 0 aliphatic heterocycles. The fraction of sp³-hybridized carbons (Fsp3) is 0.200. The fourth-order valence-electron chi connectivity index (χ4n) is 3.81. The molecule has 0 aromatic heterocycles. The molecular weight excluding hydrogens is 300 g/mol. The molecule has 0 atom stereocenters. The lowest BCUT2D eigenvalue weighted by molar-refractivity contribution is 0.592. The van der Waals surface area contributed by atoms with Crippen molar-refractivity contribution in [2.24, 2.45) is 0 Å². The highest BCUT2D eigenvalue weighted by molar-refractivity contribution is 5.94. The lowest BCUT2D eigenvalue weighted by atomic mass is 9.81. The van der Waals surface area contributed by atoms with Crippen LogP contribution in [0.5, 0.6) is 0 Å². The summed E-state index contributed by atoms with van der Waals surface area (Å²) in [5.41, 5.74) is 9.81. The second-order valence-electron chi connectivity index (χ2n) is 7.89. The Morgan fingerprint density at radius 1 is 0.680 bits per heavy atom. The highest BCUT2D eigenvalue weighted by atomic mass is 14.3. The van der Waals surface area contributed by atoms with Gasteiger partial charge in [0.1, 0.15) is 0 Å². The first-order valence-electron chi connectivity index (χ1n) is 9.02. The zero-order valence-electron chi connectivity index (χ0n) is 15.2. The van der Waals surface area contributed by atoms with Crippen molar-refractivity contribution in [1.29, 1.82) is 0 Å². The van der Waals surface area contributed by atoms with E-state index in [-0.39, 0.29) is 5.41 Å². The Balaban J connectivity index is 1.87. The Labute approximate surface area is 150 Å². The van der Waals surface area contributed by atoms with Crippen LogP contribution in [0.4, 0.5) is 0 Å². The smallest absolute Gasteiger partial charge is 0.00135 e. The Hall–Kier alpha value is -2.60. The van der Waals surface area contributed by atoms with Gasteiger partial charge in [0.25, 0.3) is 0 Å². The molecular formula is C25H24. The summed E-state index contributed by atoms with van der Waals surface area (Å²) in [6.45, 7) is 6.88. The summed E-state index contributed by atoms with van der Waals surface area (Å²) in [4.78, 5) is 0. The van der Waals surface area contributed by atoms with Gasteiger partial charge >= 0.3 is 0 Å². The molecule has 0 N–H and O–H groups in total. The van der Waals surface area contributed by atoms with Gasteiger partial charge in [-0.05, 0) is 56.9 Å². The van der Waals surface area contributed by atoms with Crippen molar-refractivity contribution in [2.75, 3.05) is 0 Å². The third-order valence-corrected chi connectivity index (χ3v) is 5.07. The third kappa shape index (κ3) is 2.93. The van der Waals surface area contributed by atoms with Crippen LogP contribution in [0.1, 0.15) is 43.0 Å². The van der Waals surface area contributed by atoms with E-state index in [4.69, 9.17) is 0 Å². The van der Waals surface area contributed by atoms with E-state index < -0.39 is 0 Å². The van der Waals surface area contributed by atoms with E-state index in [1.807, 2.05) is 0 Å². The van der Waals surface area contributed by atoms with Crippen LogP contribution in [0.15, 0.2) is 72.8 Å². The molecule has 25 heavy (non-hydrogen) atoms. The maximum Gasteiger partial charge on any atom is -0.00135 e. The van der Waals surface area contributed by atoms with Crippen LogP contribution in [-0.4, -0.2) is 0 Å². The van der Waals surface area contributed by atoms with Crippen molar-refractivity contribution in [3.8, 4) is 11.1 Å². The van der Waals surface area contributed by atoms with Crippen LogP contribution in [0, 0.1) is 0 Å². The van der Waals surface area contributed by atoms with Gasteiger partial charge in [0, 0.05) is 0 Å². The van der Waals surface area contributed by atoms with Crippen molar-refractivity contribution in [1.82, 2.24) is 0 Å². The first-order chi connectivity index (χ1) is 12.0. The molecule has 0 amide bonds. The molecule has 0 spiro atoms. The maximum atomic E-state index is 2.39. The number of fused-ring (bicyclic) bond motifs is 1. The molecule has 0 bridgehead atoms. The molecule has 0 unspecified atom stereocenters. The number of benzene rings is 3. The van der Waals surface area contributed by atoms with Gasteiger partial charge < -0.3 is 0 Å². The number of allylic oxidation sites excluding steroid dienone is 1. The van der Waals surface area contributed by atoms with E-state index in [2.05, 4.69) is 99.6 Å². The molecule has 0 radical (unpaired) electrons. The highest BCUT2D eigenvalue weighted by Crippen LogP contribution is 2.40. The van der Waals surface area contributed by atoms with Gasteiger partial charge in [0.15, 0.2) is 0 Å². The SMILES string of the molecule is CC(C)(C)c1ccccc1-c1cccc2c1C=C(c1ccccc1)C2. The first kappa shape index (κ1) is 15.9. The molecule has 0 heterocycles. The van der Waals surface area contributed by atoms with Gasteiger partial charge in [-0.3, -0.25) is 0 Å². The quantitative estimate of drug-likeness (QED) is 0.489. The summed E-state index contributed by atoms with van der Waals surface area (Å²) >= 11 is 0.